The second-order valence-electron chi connectivity index (χ2n) is 9.04. The van der Waals surface area contributed by atoms with E-state index in [2.05, 4.69) is 26.4 Å². The number of anilines is 1. The summed E-state index contributed by atoms with van der Waals surface area (Å²) >= 11 is 0. The summed E-state index contributed by atoms with van der Waals surface area (Å²) in [7, 11) is -3.39. The molecule has 9 heteroatoms. The monoisotopic (exact) mass is 511 g/mol. The summed E-state index contributed by atoms with van der Waals surface area (Å²) in [5.74, 6) is 0.813. The number of nitrogens with one attached hydrogen (secondary N) is 1. The molecule has 1 fully saturated rings. The third-order valence-corrected chi connectivity index (χ3v) is 8.03. The van der Waals surface area contributed by atoms with Crippen molar-refractivity contribution in [2.24, 2.45) is 0 Å². The molecule has 2 aromatic carbocycles. The van der Waals surface area contributed by atoms with Gasteiger partial charge in [0.15, 0.2) is 0 Å². The highest BCUT2D eigenvalue weighted by Gasteiger charge is 2.28. The SMILES string of the molecule is CCCS(=O)(=O)Nc1ccc(-c2c(C#N)c3ccc(Oc4ncccc4C#N)cc3n2C2CCC2)cc1. The van der Waals surface area contributed by atoms with Gasteiger partial charge < -0.3 is 9.30 Å². The van der Waals surface area contributed by atoms with Gasteiger partial charge in [-0.05, 0) is 67.6 Å². The van der Waals surface area contributed by atoms with Crippen LogP contribution in [0.15, 0.2) is 60.8 Å². The Morgan fingerprint density at radius 3 is 2.54 bits per heavy atom. The number of aromatic nitrogens is 2. The molecule has 8 nitrogen and oxygen atoms in total. The van der Waals surface area contributed by atoms with Crippen LogP contribution in [0, 0.1) is 22.7 Å². The summed E-state index contributed by atoms with van der Waals surface area (Å²) in [5.41, 5.74) is 3.89. The summed E-state index contributed by atoms with van der Waals surface area (Å²) in [4.78, 5) is 4.19. The van der Waals surface area contributed by atoms with Gasteiger partial charge in [-0.1, -0.05) is 19.1 Å². The average molecular weight is 512 g/mol. The zero-order valence-corrected chi connectivity index (χ0v) is 21.1. The van der Waals surface area contributed by atoms with Gasteiger partial charge in [0.05, 0.1) is 22.5 Å². The van der Waals surface area contributed by atoms with Crippen molar-refractivity contribution in [3.05, 3.63) is 71.9 Å². The van der Waals surface area contributed by atoms with Gasteiger partial charge in [0.2, 0.25) is 15.9 Å². The molecule has 1 saturated carbocycles. The number of ether oxygens (including phenoxy) is 1. The maximum absolute atomic E-state index is 12.2. The molecule has 1 aliphatic rings. The molecule has 2 aromatic heterocycles. The molecule has 1 aliphatic carbocycles. The van der Waals surface area contributed by atoms with E-state index in [0.29, 0.717) is 29.0 Å². The quantitative estimate of drug-likeness (QED) is 0.304. The van der Waals surface area contributed by atoms with Crippen LogP contribution < -0.4 is 9.46 Å². The lowest BCUT2D eigenvalue weighted by Crippen LogP contribution is -2.18. The van der Waals surface area contributed by atoms with E-state index in [4.69, 9.17) is 4.74 Å². The lowest BCUT2D eigenvalue weighted by Gasteiger charge is -2.30. The normalized spacial score (nSPS) is 13.5. The highest BCUT2D eigenvalue weighted by molar-refractivity contribution is 7.92. The van der Waals surface area contributed by atoms with E-state index in [0.717, 1.165) is 41.4 Å². The molecule has 4 aromatic rings. The van der Waals surface area contributed by atoms with E-state index in [-0.39, 0.29) is 17.7 Å². The minimum atomic E-state index is -3.39. The third-order valence-electron chi connectivity index (χ3n) is 6.54. The fourth-order valence-electron chi connectivity index (χ4n) is 4.64. The number of hydrogen-bond donors (Lipinski definition) is 1. The molecular formula is C28H25N5O3S. The molecular weight excluding hydrogens is 486 g/mol. The molecule has 0 bridgehead atoms. The topological polar surface area (TPSA) is 121 Å². The Morgan fingerprint density at radius 2 is 1.89 bits per heavy atom. The maximum Gasteiger partial charge on any atom is 0.237 e. The molecule has 2 heterocycles. The smallest absolute Gasteiger partial charge is 0.237 e. The van der Waals surface area contributed by atoms with E-state index in [1.54, 1.807) is 36.5 Å². The first-order valence-corrected chi connectivity index (χ1v) is 13.8. The van der Waals surface area contributed by atoms with Crippen molar-refractivity contribution in [2.75, 3.05) is 10.5 Å². The number of fused-ring (bicyclic) bond motifs is 1. The average Bonchev–Trinajstić information content (AvgIpc) is 3.16. The number of pyridine rings is 1. The van der Waals surface area contributed by atoms with Crippen molar-refractivity contribution in [2.45, 2.75) is 38.6 Å². The first kappa shape index (κ1) is 24.4. The van der Waals surface area contributed by atoms with Crippen LogP contribution in [0.4, 0.5) is 5.69 Å². The highest BCUT2D eigenvalue weighted by Crippen LogP contribution is 2.43. The molecule has 0 unspecified atom stereocenters. The zero-order chi connectivity index (χ0) is 26.0. The van der Waals surface area contributed by atoms with Gasteiger partial charge in [0.25, 0.3) is 0 Å². The Balaban J connectivity index is 1.59. The van der Waals surface area contributed by atoms with Crippen LogP contribution in [-0.2, 0) is 10.0 Å². The van der Waals surface area contributed by atoms with Crippen molar-refractivity contribution in [1.82, 2.24) is 9.55 Å². The number of rotatable bonds is 8. The summed E-state index contributed by atoms with van der Waals surface area (Å²) in [6.07, 6.45) is 5.22. The van der Waals surface area contributed by atoms with Crippen molar-refractivity contribution < 1.29 is 13.2 Å². The Labute approximate surface area is 215 Å². The predicted octanol–water partition coefficient (Wildman–Crippen LogP) is 6.12. The second kappa shape index (κ2) is 9.96. The Kier molecular flexibility index (Phi) is 6.56. The van der Waals surface area contributed by atoms with Crippen LogP contribution in [0.25, 0.3) is 22.2 Å². The van der Waals surface area contributed by atoms with Gasteiger partial charge in [0, 0.05) is 29.4 Å². The molecule has 0 spiro atoms. The van der Waals surface area contributed by atoms with Crippen molar-refractivity contribution in [1.29, 1.82) is 10.5 Å². The van der Waals surface area contributed by atoms with E-state index in [1.807, 2.05) is 31.2 Å². The number of benzene rings is 2. The summed E-state index contributed by atoms with van der Waals surface area (Å²) in [5, 5.41) is 20.4. The van der Waals surface area contributed by atoms with Crippen LogP contribution in [0.5, 0.6) is 11.6 Å². The summed E-state index contributed by atoms with van der Waals surface area (Å²) in [6, 6.07) is 20.7. The van der Waals surface area contributed by atoms with Gasteiger partial charge in [-0.15, -0.1) is 0 Å². The Bertz CT molecular complexity index is 1660. The Morgan fingerprint density at radius 1 is 1.11 bits per heavy atom. The molecule has 37 heavy (non-hydrogen) atoms. The molecule has 5 rings (SSSR count). The molecule has 0 atom stereocenters. The molecule has 0 radical (unpaired) electrons. The fourth-order valence-corrected chi connectivity index (χ4v) is 5.77. The lowest BCUT2D eigenvalue weighted by atomic mass is 9.92. The van der Waals surface area contributed by atoms with Crippen LogP contribution in [0.2, 0.25) is 0 Å². The minimum Gasteiger partial charge on any atom is -0.438 e. The standard InChI is InChI=1S/C28H25N5O3S/c1-2-15-37(34,35)32-21-10-8-19(9-11-21)27-25(18-30)24-13-12-23(16-26(24)33(27)22-6-3-7-22)36-28-20(17-29)5-4-14-31-28/h4-5,8-14,16,22,32H,2-3,6-7,15H2,1H3. The van der Waals surface area contributed by atoms with Crippen LogP contribution in [0.3, 0.4) is 0 Å². The van der Waals surface area contributed by atoms with Crippen LogP contribution in [-0.4, -0.2) is 23.7 Å². The first-order valence-electron chi connectivity index (χ1n) is 12.2. The maximum atomic E-state index is 12.2. The Hall–Kier alpha value is -4.34. The van der Waals surface area contributed by atoms with E-state index in [1.165, 1.54) is 0 Å². The third kappa shape index (κ3) is 4.74. The number of nitrogens with zero attached hydrogens (tertiary/aromatic N) is 4. The number of nitriles is 2. The van der Waals surface area contributed by atoms with E-state index in [9.17, 15) is 18.9 Å². The summed E-state index contributed by atoms with van der Waals surface area (Å²) in [6.45, 7) is 1.82. The highest BCUT2D eigenvalue weighted by atomic mass is 32.2. The predicted molar refractivity (Wildman–Crippen MR) is 142 cm³/mol. The molecule has 0 saturated heterocycles. The number of sulfonamides is 1. The molecule has 1 N–H and O–H groups in total. The van der Waals surface area contributed by atoms with Gasteiger partial charge in [-0.2, -0.15) is 10.5 Å². The van der Waals surface area contributed by atoms with Crippen molar-refractivity contribution in [3.63, 3.8) is 0 Å². The van der Waals surface area contributed by atoms with Crippen LogP contribution >= 0.6 is 0 Å². The van der Waals surface area contributed by atoms with Gasteiger partial charge in [0.1, 0.15) is 23.5 Å². The van der Waals surface area contributed by atoms with Crippen LogP contribution in [0.1, 0.15) is 49.8 Å². The second-order valence-corrected chi connectivity index (χ2v) is 10.9. The lowest BCUT2D eigenvalue weighted by molar-refractivity contribution is 0.324. The number of hydrogen-bond acceptors (Lipinski definition) is 6. The summed E-state index contributed by atoms with van der Waals surface area (Å²) < 4.78 is 35.1. The minimum absolute atomic E-state index is 0.0576. The zero-order valence-electron chi connectivity index (χ0n) is 20.3. The van der Waals surface area contributed by atoms with Crippen molar-refractivity contribution in [3.8, 4) is 35.0 Å². The first-order chi connectivity index (χ1) is 17.9. The molecule has 186 valence electrons. The van der Waals surface area contributed by atoms with Gasteiger partial charge >= 0.3 is 0 Å². The van der Waals surface area contributed by atoms with E-state index >= 15 is 0 Å². The van der Waals surface area contributed by atoms with Gasteiger partial charge in [-0.25, -0.2) is 13.4 Å². The molecule has 0 aliphatic heterocycles. The molecule has 0 amide bonds. The fraction of sp³-hybridized carbons (Fsp3) is 0.250. The van der Waals surface area contributed by atoms with Gasteiger partial charge in [-0.3, -0.25) is 4.72 Å². The van der Waals surface area contributed by atoms with Crippen molar-refractivity contribution >= 4 is 26.6 Å². The largest absolute Gasteiger partial charge is 0.438 e. The van der Waals surface area contributed by atoms with E-state index < -0.39 is 10.0 Å².